The number of benzene rings is 2. The van der Waals surface area contributed by atoms with Crippen LogP contribution in [0.2, 0.25) is 10.0 Å². The zero-order valence-corrected chi connectivity index (χ0v) is 14.5. The summed E-state index contributed by atoms with van der Waals surface area (Å²) in [5.74, 6) is -0.381. The third-order valence-corrected chi connectivity index (χ3v) is 3.92. The number of hydrogen-bond donors (Lipinski definition) is 2. The van der Waals surface area contributed by atoms with Crippen LogP contribution in [-0.2, 0) is 4.79 Å². The van der Waals surface area contributed by atoms with Crippen molar-refractivity contribution in [2.45, 2.75) is 13.8 Å². The summed E-state index contributed by atoms with van der Waals surface area (Å²) in [5, 5.41) is 22.4. The molecule has 0 atom stereocenters. The summed E-state index contributed by atoms with van der Waals surface area (Å²) in [7, 11) is 0. The molecule has 6 heteroatoms. The second-order valence-electron chi connectivity index (χ2n) is 5.25. The Morgan fingerprint density at radius 3 is 2.38 bits per heavy atom. The molecule has 2 aromatic rings. The number of rotatable bonds is 3. The number of nitrogens with zero attached hydrogens (tertiary/aromatic N) is 1. The van der Waals surface area contributed by atoms with Gasteiger partial charge in [-0.25, -0.2) is 0 Å². The molecule has 0 aliphatic carbocycles. The average molecular weight is 361 g/mol. The Balaban J connectivity index is 2.31. The Kier molecular flexibility index (Phi) is 5.50. The Morgan fingerprint density at radius 2 is 1.83 bits per heavy atom. The van der Waals surface area contributed by atoms with Crippen LogP contribution < -0.4 is 5.32 Å². The molecule has 0 unspecified atom stereocenters. The van der Waals surface area contributed by atoms with Gasteiger partial charge in [-0.05, 0) is 66.9 Å². The molecule has 0 saturated carbocycles. The number of nitrogens with one attached hydrogen (secondary N) is 1. The fourth-order valence-corrected chi connectivity index (χ4v) is 2.62. The second-order valence-corrected chi connectivity index (χ2v) is 6.10. The Labute approximate surface area is 149 Å². The van der Waals surface area contributed by atoms with Crippen LogP contribution in [0.25, 0.3) is 6.08 Å². The molecule has 0 heterocycles. The molecule has 0 fully saturated rings. The van der Waals surface area contributed by atoms with Crippen molar-refractivity contribution in [3.05, 3.63) is 62.6 Å². The minimum atomic E-state index is -0.579. The first kappa shape index (κ1) is 17.9. The maximum Gasteiger partial charge on any atom is 0.266 e. The van der Waals surface area contributed by atoms with Gasteiger partial charge in [0.2, 0.25) is 0 Å². The molecule has 0 bridgehead atoms. The van der Waals surface area contributed by atoms with Crippen LogP contribution in [0, 0.1) is 25.2 Å². The number of carbonyl (C=O) groups is 1. The Bertz CT molecular complexity index is 860. The van der Waals surface area contributed by atoms with Crippen LogP contribution in [0.4, 0.5) is 5.69 Å². The molecular formula is C18H14Cl2N2O2. The minimum Gasteiger partial charge on any atom is -0.507 e. The van der Waals surface area contributed by atoms with Gasteiger partial charge >= 0.3 is 0 Å². The molecule has 4 nitrogen and oxygen atoms in total. The zero-order chi connectivity index (χ0) is 17.9. The summed E-state index contributed by atoms with van der Waals surface area (Å²) in [5.41, 5.74) is 2.27. The first-order chi connectivity index (χ1) is 11.3. The number of carbonyl (C=O) groups excluding carboxylic acids is 1. The first-order valence-electron chi connectivity index (χ1n) is 7.00. The molecule has 2 N–H and O–H groups in total. The Morgan fingerprint density at radius 1 is 1.21 bits per heavy atom. The van der Waals surface area contributed by atoms with Gasteiger partial charge in [-0.1, -0.05) is 23.2 Å². The number of halogens is 2. The second kappa shape index (κ2) is 7.39. The highest BCUT2D eigenvalue weighted by atomic mass is 35.5. The van der Waals surface area contributed by atoms with E-state index in [0.29, 0.717) is 27.4 Å². The van der Waals surface area contributed by atoms with E-state index >= 15 is 0 Å². The van der Waals surface area contributed by atoms with Gasteiger partial charge in [0.05, 0.1) is 10.7 Å². The van der Waals surface area contributed by atoms with E-state index < -0.39 is 5.91 Å². The van der Waals surface area contributed by atoms with Gasteiger partial charge in [0, 0.05) is 5.02 Å². The molecule has 122 valence electrons. The van der Waals surface area contributed by atoms with Crippen molar-refractivity contribution in [2.24, 2.45) is 0 Å². The van der Waals surface area contributed by atoms with Crippen LogP contribution in [0.1, 0.15) is 16.7 Å². The topological polar surface area (TPSA) is 73.1 Å². The van der Waals surface area contributed by atoms with Crippen LogP contribution in [0.15, 0.2) is 35.9 Å². The lowest BCUT2D eigenvalue weighted by molar-refractivity contribution is -0.112. The highest BCUT2D eigenvalue weighted by molar-refractivity contribution is 6.36. The highest BCUT2D eigenvalue weighted by Crippen LogP contribution is 2.27. The number of amides is 1. The van der Waals surface area contributed by atoms with E-state index in [1.165, 1.54) is 12.1 Å². The van der Waals surface area contributed by atoms with Gasteiger partial charge in [-0.3, -0.25) is 4.79 Å². The molecule has 0 radical (unpaired) electrons. The van der Waals surface area contributed by atoms with Crippen molar-refractivity contribution >= 4 is 40.9 Å². The number of hydrogen-bond acceptors (Lipinski definition) is 3. The maximum atomic E-state index is 12.3. The standard InChI is InChI=1S/C18H14Cl2N2O2/c1-10-5-12(6-11(2)17(10)23)7-13(9-21)18(24)22-16-4-3-14(19)8-15(16)20/h3-8,23H,1-2H3,(H,22,24)/b13-7+. The molecule has 0 aromatic heterocycles. The molecule has 0 aliphatic rings. The van der Waals surface area contributed by atoms with E-state index in [4.69, 9.17) is 23.2 Å². The lowest BCUT2D eigenvalue weighted by atomic mass is 10.0. The van der Waals surface area contributed by atoms with Crippen LogP contribution in [0.5, 0.6) is 5.75 Å². The van der Waals surface area contributed by atoms with Crippen LogP contribution in [0.3, 0.4) is 0 Å². The quantitative estimate of drug-likeness (QED) is 0.606. The number of aryl methyl sites for hydroxylation is 2. The number of nitriles is 1. The molecule has 0 spiro atoms. The third kappa shape index (κ3) is 4.08. The van der Waals surface area contributed by atoms with Crippen molar-refractivity contribution in [1.82, 2.24) is 0 Å². The lowest BCUT2D eigenvalue weighted by Crippen LogP contribution is -2.13. The van der Waals surface area contributed by atoms with E-state index in [2.05, 4.69) is 5.32 Å². The summed E-state index contributed by atoms with van der Waals surface area (Å²) < 4.78 is 0. The van der Waals surface area contributed by atoms with Gasteiger partial charge in [0.15, 0.2) is 0 Å². The van der Waals surface area contributed by atoms with Crippen LogP contribution in [-0.4, -0.2) is 11.0 Å². The summed E-state index contributed by atoms with van der Waals surface area (Å²) in [6.45, 7) is 3.50. The molecule has 24 heavy (non-hydrogen) atoms. The smallest absolute Gasteiger partial charge is 0.266 e. The third-order valence-electron chi connectivity index (χ3n) is 3.37. The van der Waals surface area contributed by atoms with E-state index in [9.17, 15) is 15.2 Å². The molecule has 1 amide bonds. The maximum absolute atomic E-state index is 12.3. The monoisotopic (exact) mass is 360 g/mol. The summed E-state index contributed by atoms with van der Waals surface area (Å²) in [4.78, 5) is 12.3. The largest absolute Gasteiger partial charge is 0.507 e. The van der Waals surface area contributed by atoms with E-state index in [1.807, 2.05) is 6.07 Å². The van der Waals surface area contributed by atoms with Gasteiger partial charge < -0.3 is 10.4 Å². The summed E-state index contributed by atoms with van der Waals surface area (Å²) >= 11 is 11.8. The van der Waals surface area contributed by atoms with Gasteiger partial charge in [0.1, 0.15) is 17.4 Å². The zero-order valence-electron chi connectivity index (χ0n) is 13.0. The number of anilines is 1. The van der Waals surface area contributed by atoms with Crippen molar-refractivity contribution in [2.75, 3.05) is 5.32 Å². The van der Waals surface area contributed by atoms with Crippen molar-refractivity contribution in [3.8, 4) is 11.8 Å². The predicted molar refractivity (Wildman–Crippen MR) is 96.3 cm³/mol. The number of phenolic OH excluding ortho intramolecular Hbond substituents is 1. The minimum absolute atomic E-state index is 0.0782. The molecular weight excluding hydrogens is 347 g/mol. The number of phenols is 1. The fourth-order valence-electron chi connectivity index (χ4n) is 2.17. The first-order valence-corrected chi connectivity index (χ1v) is 7.76. The molecule has 0 saturated heterocycles. The number of aromatic hydroxyl groups is 1. The van der Waals surface area contributed by atoms with E-state index in [-0.39, 0.29) is 16.3 Å². The molecule has 2 rings (SSSR count). The van der Waals surface area contributed by atoms with E-state index in [1.54, 1.807) is 38.1 Å². The lowest BCUT2D eigenvalue weighted by Gasteiger charge is -2.08. The molecule has 0 aliphatic heterocycles. The van der Waals surface area contributed by atoms with Crippen LogP contribution >= 0.6 is 23.2 Å². The van der Waals surface area contributed by atoms with Crippen molar-refractivity contribution in [3.63, 3.8) is 0 Å². The van der Waals surface area contributed by atoms with E-state index in [0.717, 1.165) is 0 Å². The summed E-state index contributed by atoms with van der Waals surface area (Å²) in [6.07, 6.45) is 1.46. The average Bonchev–Trinajstić information content (AvgIpc) is 2.52. The van der Waals surface area contributed by atoms with Crippen molar-refractivity contribution < 1.29 is 9.90 Å². The van der Waals surface area contributed by atoms with Gasteiger partial charge in [-0.2, -0.15) is 5.26 Å². The van der Waals surface area contributed by atoms with Crippen molar-refractivity contribution in [1.29, 1.82) is 5.26 Å². The highest BCUT2D eigenvalue weighted by Gasteiger charge is 2.12. The summed E-state index contributed by atoms with van der Waals surface area (Å²) in [6, 6.07) is 9.92. The Hall–Kier alpha value is -2.48. The van der Waals surface area contributed by atoms with Gasteiger partial charge in [-0.15, -0.1) is 0 Å². The molecule has 2 aromatic carbocycles. The normalized spacial score (nSPS) is 11.0. The predicted octanol–water partition coefficient (Wildman–Crippen LogP) is 4.86. The van der Waals surface area contributed by atoms with Gasteiger partial charge in [0.25, 0.3) is 5.91 Å². The SMILES string of the molecule is Cc1cc(/C=C(\C#N)C(=O)Nc2ccc(Cl)cc2Cl)cc(C)c1O. The fraction of sp³-hybridized carbons (Fsp3) is 0.111.